The van der Waals surface area contributed by atoms with Gasteiger partial charge >= 0.3 is 0 Å². The van der Waals surface area contributed by atoms with Crippen molar-refractivity contribution in [2.24, 2.45) is 0 Å². The molecular formula is C15H22N2OS. The van der Waals surface area contributed by atoms with Crippen LogP contribution in [-0.4, -0.2) is 16.2 Å². The van der Waals surface area contributed by atoms with Crippen molar-refractivity contribution in [3.8, 4) is 0 Å². The normalized spacial score (nSPS) is 12.8. The van der Waals surface area contributed by atoms with Crippen LogP contribution in [0.5, 0.6) is 0 Å². The molecule has 0 radical (unpaired) electrons. The van der Waals surface area contributed by atoms with Gasteiger partial charge in [-0.2, -0.15) is 11.3 Å². The van der Waals surface area contributed by atoms with Crippen LogP contribution in [-0.2, 0) is 13.1 Å². The minimum Gasteiger partial charge on any atom is -0.387 e. The third kappa shape index (κ3) is 3.26. The molecule has 4 heteroatoms. The lowest BCUT2D eigenvalue weighted by Crippen LogP contribution is -2.21. The van der Waals surface area contributed by atoms with Gasteiger partial charge in [0.1, 0.15) is 0 Å². The Hall–Kier alpha value is -1.10. The minimum absolute atomic E-state index is 0.416. The molecule has 0 aliphatic carbocycles. The molecule has 0 aliphatic rings. The van der Waals surface area contributed by atoms with Crippen molar-refractivity contribution in [3.63, 3.8) is 0 Å². The molecule has 0 aromatic carbocycles. The maximum Gasteiger partial charge on any atom is 0.0922 e. The highest BCUT2D eigenvalue weighted by Gasteiger charge is 2.10. The summed E-state index contributed by atoms with van der Waals surface area (Å²) in [6.07, 6.45) is -0.416. The Kier molecular flexibility index (Phi) is 4.80. The summed E-state index contributed by atoms with van der Waals surface area (Å²) < 4.78 is 2.31. The summed E-state index contributed by atoms with van der Waals surface area (Å²) in [7, 11) is 0. The van der Waals surface area contributed by atoms with E-state index in [1.54, 1.807) is 11.3 Å². The summed E-state index contributed by atoms with van der Waals surface area (Å²) >= 11 is 1.62. The summed E-state index contributed by atoms with van der Waals surface area (Å²) in [4.78, 5) is 0. The summed E-state index contributed by atoms with van der Waals surface area (Å²) in [6.45, 7) is 8.86. The van der Waals surface area contributed by atoms with E-state index in [1.165, 1.54) is 17.0 Å². The van der Waals surface area contributed by atoms with Gasteiger partial charge in [-0.05, 0) is 54.8 Å². The quantitative estimate of drug-likeness (QED) is 0.852. The number of nitrogens with one attached hydrogen (secondary N) is 1. The molecule has 2 heterocycles. The maximum atomic E-state index is 10.0. The van der Waals surface area contributed by atoms with Crippen LogP contribution in [0.3, 0.4) is 0 Å². The van der Waals surface area contributed by atoms with Gasteiger partial charge in [-0.3, -0.25) is 0 Å². The largest absolute Gasteiger partial charge is 0.387 e. The molecule has 104 valence electrons. The third-order valence-electron chi connectivity index (χ3n) is 3.58. The molecule has 0 amide bonds. The molecule has 1 unspecified atom stereocenters. The Morgan fingerprint density at radius 1 is 1.42 bits per heavy atom. The molecule has 2 aromatic rings. The molecule has 1 atom stereocenters. The van der Waals surface area contributed by atoms with Crippen LogP contribution in [0.2, 0.25) is 0 Å². The number of aliphatic hydroxyl groups excluding tert-OH is 1. The molecule has 0 aliphatic heterocycles. The molecule has 2 N–H and O–H groups in total. The number of aromatic nitrogens is 1. The number of thiophene rings is 1. The van der Waals surface area contributed by atoms with Crippen molar-refractivity contribution in [1.82, 2.24) is 9.88 Å². The Morgan fingerprint density at radius 3 is 2.79 bits per heavy atom. The second kappa shape index (κ2) is 6.37. The van der Waals surface area contributed by atoms with Crippen molar-refractivity contribution in [1.29, 1.82) is 0 Å². The van der Waals surface area contributed by atoms with Crippen molar-refractivity contribution in [2.45, 2.75) is 40.0 Å². The van der Waals surface area contributed by atoms with Gasteiger partial charge in [-0.25, -0.2) is 0 Å². The van der Waals surface area contributed by atoms with Gasteiger partial charge in [0.05, 0.1) is 6.10 Å². The van der Waals surface area contributed by atoms with Crippen LogP contribution < -0.4 is 5.32 Å². The highest BCUT2D eigenvalue weighted by molar-refractivity contribution is 7.07. The van der Waals surface area contributed by atoms with Crippen LogP contribution in [0.15, 0.2) is 22.9 Å². The molecule has 0 spiro atoms. The van der Waals surface area contributed by atoms with Crippen LogP contribution in [0.25, 0.3) is 0 Å². The first-order valence-electron chi connectivity index (χ1n) is 6.70. The Balaban J connectivity index is 1.89. The maximum absolute atomic E-state index is 10.0. The number of aliphatic hydroxyl groups is 1. The van der Waals surface area contributed by atoms with Gasteiger partial charge in [-0.15, -0.1) is 0 Å². The number of nitrogens with zero attached hydrogens (tertiary/aromatic N) is 1. The molecular weight excluding hydrogens is 256 g/mol. The number of hydrogen-bond donors (Lipinski definition) is 2. The minimum atomic E-state index is -0.416. The van der Waals surface area contributed by atoms with Crippen LogP contribution in [0.4, 0.5) is 0 Å². The zero-order chi connectivity index (χ0) is 13.8. The van der Waals surface area contributed by atoms with Crippen LogP contribution >= 0.6 is 11.3 Å². The molecule has 2 rings (SSSR count). The van der Waals surface area contributed by atoms with Gasteiger partial charge < -0.3 is 15.0 Å². The fourth-order valence-corrected chi connectivity index (χ4v) is 3.17. The van der Waals surface area contributed by atoms with Gasteiger partial charge in [0, 0.05) is 31.0 Å². The molecule has 0 fully saturated rings. The van der Waals surface area contributed by atoms with Crippen molar-refractivity contribution in [2.75, 3.05) is 6.54 Å². The van der Waals surface area contributed by atoms with E-state index in [4.69, 9.17) is 0 Å². The van der Waals surface area contributed by atoms with Crippen LogP contribution in [0.1, 0.15) is 35.5 Å². The second-order valence-electron chi connectivity index (χ2n) is 4.84. The summed E-state index contributed by atoms with van der Waals surface area (Å²) in [5.41, 5.74) is 4.93. The van der Waals surface area contributed by atoms with E-state index in [1.807, 2.05) is 16.8 Å². The Morgan fingerprint density at radius 2 is 2.21 bits per heavy atom. The summed E-state index contributed by atoms with van der Waals surface area (Å²) in [5.74, 6) is 0. The van der Waals surface area contributed by atoms with E-state index in [9.17, 15) is 5.11 Å². The average Bonchev–Trinajstić information content (AvgIpc) is 2.99. The molecule has 19 heavy (non-hydrogen) atoms. The lowest BCUT2D eigenvalue weighted by atomic mass is 10.2. The highest BCUT2D eigenvalue weighted by Crippen LogP contribution is 2.17. The molecule has 0 saturated heterocycles. The van der Waals surface area contributed by atoms with E-state index in [-0.39, 0.29) is 0 Å². The van der Waals surface area contributed by atoms with Crippen LogP contribution in [0, 0.1) is 13.8 Å². The molecule has 3 nitrogen and oxygen atoms in total. The number of hydrogen-bond acceptors (Lipinski definition) is 3. The molecule has 0 saturated carbocycles. The van der Waals surface area contributed by atoms with Crippen molar-refractivity contribution < 1.29 is 5.11 Å². The predicted octanol–water partition coefficient (Wildman–Crippen LogP) is 3.01. The second-order valence-corrected chi connectivity index (χ2v) is 5.62. The fourth-order valence-electron chi connectivity index (χ4n) is 2.46. The van der Waals surface area contributed by atoms with Crippen molar-refractivity contribution in [3.05, 3.63) is 45.4 Å². The van der Waals surface area contributed by atoms with Gasteiger partial charge in [0.15, 0.2) is 0 Å². The number of rotatable bonds is 6. The van der Waals surface area contributed by atoms with Gasteiger partial charge in [0.25, 0.3) is 0 Å². The SMILES string of the molecule is CCn1c(C)cc(CNCC(O)c2ccsc2)c1C. The molecule has 2 aromatic heterocycles. The monoisotopic (exact) mass is 278 g/mol. The third-order valence-corrected chi connectivity index (χ3v) is 4.28. The Labute approximate surface area is 118 Å². The van der Waals surface area contributed by atoms with Gasteiger partial charge in [0.2, 0.25) is 0 Å². The summed E-state index contributed by atoms with van der Waals surface area (Å²) in [5, 5.41) is 17.3. The average molecular weight is 278 g/mol. The number of aryl methyl sites for hydroxylation is 1. The van der Waals surface area contributed by atoms with E-state index >= 15 is 0 Å². The van der Waals surface area contributed by atoms with E-state index < -0.39 is 6.10 Å². The first-order chi connectivity index (χ1) is 9.13. The lowest BCUT2D eigenvalue weighted by molar-refractivity contribution is 0.175. The smallest absolute Gasteiger partial charge is 0.0922 e. The first-order valence-corrected chi connectivity index (χ1v) is 7.64. The predicted molar refractivity (Wildman–Crippen MR) is 80.6 cm³/mol. The topological polar surface area (TPSA) is 37.2 Å². The zero-order valence-corrected chi connectivity index (χ0v) is 12.6. The van der Waals surface area contributed by atoms with Gasteiger partial charge in [-0.1, -0.05) is 0 Å². The highest BCUT2D eigenvalue weighted by atomic mass is 32.1. The van der Waals surface area contributed by atoms with Crippen molar-refractivity contribution >= 4 is 11.3 Å². The zero-order valence-electron chi connectivity index (χ0n) is 11.8. The van der Waals surface area contributed by atoms with E-state index in [0.29, 0.717) is 6.54 Å². The first kappa shape index (κ1) is 14.3. The fraction of sp³-hybridized carbons (Fsp3) is 0.467. The standard InChI is InChI=1S/C15H22N2OS/c1-4-17-11(2)7-14(12(17)3)8-16-9-15(18)13-5-6-19-10-13/h5-7,10,15-16,18H,4,8-9H2,1-3H3. The summed E-state index contributed by atoms with van der Waals surface area (Å²) in [6, 6.07) is 4.20. The Bertz CT molecular complexity index is 516. The van der Waals surface area contributed by atoms with E-state index in [0.717, 1.165) is 18.7 Å². The lowest BCUT2D eigenvalue weighted by Gasteiger charge is -2.11. The van der Waals surface area contributed by atoms with E-state index in [2.05, 4.69) is 36.7 Å². The molecule has 0 bridgehead atoms.